The highest BCUT2D eigenvalue weighted by molar-refractivity contribution is 7.15. The van der Waals surface area contributed by atoms with Crippen molar-refractivity contribution in [1.29, 1.82) is 0 Å². The number of amides is 1. The largest absolute Gasteiger partial charge is 0.493 e. The predicted molar refractivity (Wildman–Crippen MR) is 104 cm³/mol. The van der Waals surface area contributed by atoms with Crippen LogP contribution in [0.15, 0.2) is 23.8 Å². The van der Waals surface area contributed by atoms with Gasteiger partial charge in [-0.25, -0.2) is 4.98 Å². The number of carbonyl (C=O) groups is 1. The summed E-state index contributed by atoms with van der Waals surface area (Å²) in [7, 11) is 5.28. The maximum absolute atomic E-state index is 12.5. The summed E-state index contributed by atoms with van der Waals surface area (Å²) in [6, 6.07) is 5.55. The lowest BCUT2D eigenvalue weighted by Crippen LogP contribution is -2.25. The number of fused-ring (bicyclic) bond motifs is 1. The van der Waals surface area contributed by atoms with E-state index in [2.05, 4.69) is 22.2 Å². The number of benzene rings is 1. The van der Waals surface area contributed by atoms with Gasteiger partial charge in [0.1, 0.15) is 0 Å². The molecule has 1 aromatic carbocycles. The van der Waals surface area contributed by atoms with Crippen molar-refractivity contribution >= 4 is 28.5 Å². The summed E-state index contributed by atoms with van der Waals surface area (Å²) in [4.78, 5) is 20.5. The Morgan fingerprint density at radius 3 is 2.81 bits per heavy atom. The van der Waals surface area contributed by atoms with E-state index in [-0.39, 0.29) is 5.91 Å². The Kier molecular flexibility index (Phi) is 5.58. The average Bonchev–Trinajstić information content (AvgIpc) is 3.02. The predicted octanol–water partition coefficient (Wildman–Crippen LogP) is 3.19. The third kappa shape index (κ3) is 4.05. The molecule has 0 saturated carbocycles. The molecular formula is C19H23N3O3S. The maximum Gasteiger partial charge on any atom is 0.253 e. The Labute approximate surface area is 157 Å². The number of ether oxygens (including phenoxy) is 2. The second-order valence-electron chi connectivity index (χ2n) is 6.27. The van der Waals surface area contributed by atoms with Crippen LogP contribution in [0, 0.1) is 0 Å². The first-order valence-electron chi connectivity index (χ1n) is 8.39. The number of nitrogens with one attached hydrogen (secondary N) is 1. The van der Waals surface area contributed by atoms with Gasteiger partial charge in [0.05, 0.1) is 19.9 Å². The van der Waals surface area contributed by atoms with Gasteiger partial charge in [-0.15, -0.1) is 11.3 Å². The van der Waals surface area contributed by atoms with E-state index in [1.54, 1.807) is 32.5 Å². The molecule has 2 heterocycles. The molecule has 1 amide bonds. The molecule has 1 aliphatic rings. The van der Waals surface area contributed by atoms with Crippen LogP contribution in [0.3, 0.4) is 0 Å². The van der Waals surface area contributed by atoms with E-state index >= 15 is 0 Å². The fourth-order valence-electron chi connectivity index (χ4n) is 2.83. The van der Waals surface area contributed by atoms with Gasteiger partial charge < -0.3 is 14.4 Å². The summed E-state index contributed by atoms with van der Waals surface area (Å²) in [6.07, 6.45) is 2.75. The van der Waals surface area contributed by atoms with Crippen molar-refractivity contribution in [2.75, 3.05) is 33.1 Å². The van der Waals surface area contributed by atoms with Crippen molar-refractivity contribution in [2.24, 2.45) is 0 Å². The first kappa shape index (κ1) is 18.4. The highest BCUT2D eigenvalue weighted by Gasteiger charge is 2.19. The number of likely N-dealkylation sites (N-methyl/N-ethyl adjacent to an activating group) is 1. The van der Waals surface area contributed by atoms with Gasteiger partial charge in [0, 0.05) is 30.0 Å². The third-order valence-electron chi connectivity index (χ3n) is 4.29. The summed E-state index contributed by atoms with van der Waals surface area (Å²) >= 11 is 1.55. The molecule has 3 rings (SSSR count). The number of hydrogen-bond donors (Lipinski definition) is 1. The Morgan fingerprint density at radius 1 is 1.31 bits per heavy atom. The fraction of sp³-hybridized carbons (Fsp3) is 0.368. The molecule has 0 saturated heterocycles. The van der Waals surface area contributed by atoms with Crippen LogP contribution in [0.1, 0.15) is 23.1 Å². The van der Waals surface area contributed by atoms with Crippen molar-refractivity contribution in [1.82, 2.24) is 9.88 Å². The zero-order chi connectivity index (χ0) is 18.7. The van der Waals surface area contributed by atoms with E-state index in [0.717, 1.165) is 30.8 Å². The van der Waals surface area contributed by atoms with Gasteiger partial charge in [-0.1, -0.05) is 6.07 Å². The monoisotopic (exact) mass is 373 g/mol. The Bertz CT molecular complexity index is 845. The second kappa shape index (κ2) is 7.88. The van der Waals surface area contributed by atoms with E-state index in [1.165, 1.54) is 4.88 Å². The Balaban J connectivity index is 1.72. The smallest absolute Gasteiger partial charge is 0.253 e. The summed E-state index contributed by atoms with van der Waals surface area (Å²) in [5.74, 6) is 1.13. The minimum absolute atomic E-state index is 0.153. The number of aromatic nitrogens is 1. The van der Waals surface area contributed by atoms with Crippen LogP contribution in [0.2, 0.25) is 0 Å². The minimum Gasteiger partial charge on any atom is -0.493 e. The van der Waals surface area contributed by atoms with Gasteiger partial charge >= 0.3 is 0 Å². The molecular weight excluding hydrogens is 350 g/mol. The van der Waals surface area contributed by atoms with Crippen LogP contribution < -0.4 is 14.8 Å². The summed E-state index contributed by atoms with van der Waals surface area (Å²) in [5, 5.41) is 3.57. The molecule has 1 aromatic heterocycles. The first-order chi connectivity index (χ1) is 12.5. The molecule has 138 valence electrons. The molecule has 0 atom stereocenters. The standard InChI is InChI=1S/C19H23N3O3S/c1-12(9-13-5-6-15(24-3)16(10-13)25-4)18(23)21-19-20-14-7-8-22(2)11-17(14)26-19/h5-6,9-10H,7-8,11H2,1-4H3,(H,20,21,23)/b12-9+. The number of thiazole rings is 1. The van der Waals surface area contributed by atoms with E-state index in [0.29, 0.717) is 22.2 Å². The molecule has 6 nitrogen and oxygen atoms in total. The van der Waals surface area contributed by atoms with Crippen LogP contribution in [-0.4, -0.2) is 43.6 Å². The molecule has 1 aliphatic heterocycles. The Hall–Kier alpha value is -2.38. The van der Waals surface area contributed by atoms with E-state index < -0.39 is 0 Å². The van der Waals surface area contributed by atoms with Crippen LogP contribution in [0.25, 0.3) is 6.08 Å². The number of nitrogens with zero attached hydrogens (tertiary/aromatic N) is 2. The van der Waals surface area contributed by atoms with Gasteiger partial charge in [0.15, 0.2) is 16.6 Å². The molecule has 7 heteroatoms. The van der Waals surface area contributed by atoms with E-state index in [4.69, 9.17) is 9.47 Å². The van der Waals surface area contributed by atoms with E-state index in [1.807, 2.05) is 24.3 Å². The van der Waals surface area contributed by atoms with Crippen molar-refractivity contribution in [3.63, 3.8) is 0 Å². The molecule has 26 heavy (non-hydrogen) atoms. The number of anilines is 1. The number of hydrogen-bond acceptors (Lipinski definition) is 6. The average molecular weight is 373 g/mol. The van der Waals surface area contributed by atoms with Gasteiger partial charge in [-0.2, -0.15) is 0 Å². The van der Waals surface area contributed by atoms with Crippen molar-refractivity contribution in [2.45, 2.75) is 19.9 Å². The van der Waals surface area contributed by atoms with Gasteiger partial charge in [0.25, 0.3) is 5.91 Å². The lowest BCUT2D eigenvalue weighted by molar-refractivity contribution is -0.112. The zero-order valence-corrected chi connectivity index (χ0v) is 16.3. The molecule has 0 unspecified atom stereocenters. The molecule has 1 N–H and O–H groups in total. The molecule has 2 aromatic rings. The summed E-state index contributed by atoms with van der Waals surface area (Å²) in [5.41, 5.74) is 2.57. The molecule has 0 spiro atoms. The number of carbonyl (C=O) groups excluding carboxylic acids is 1. The maximum atomic E-state index is 12.5. The summed E-state index contributed by atoms with van der Waals surface area (Å²) in [6.45, 7) is 3.68. The molecule has 0 fully saturated rings. The summed E-state index contributed by atoms with van der Waals surface area (Å²) < 4.78 is 10.5. The van der Waals surface area contributed by atoms with Crippen molar-refractivity contribution < 1.29 is 14.3 Å². The Morgan fingerprint density at radius 2 is 2.08 bits per heavy atom. The molecule has 0 aliphatic carbocycles. The highest BCUT2D eigenvalue weighted by atomic mass is 32.1. The van der Waals surface area contributed by atoms with Crippen LogP contribution in [0.5, 0.6) is 11.5 Å². The minimum atomic E-state index is -0.153. The van der Waals surface area contributed by atoms with Crippen molar-refractivity contribution in [3.8, 4) is 11.5 Å². The van der Waals surface area contributed by atoms with Crippen LogP contribution in [-0.2, 0) is 17.8 Å². The number of rotatable bonds is 5. The van der Waals surface area contributed by atoms with Gasteiger partial charge in [0.2, 0.25) is 0 Å². The zero-order valence-electron chi connectivity index (χ0n) is 15.5. The van der Waals surface area contributed by atoms with Gasteiger partial charge in [-0.05, 0) is 37.7 Å². The molecule has 0 radical (unpaired) electrons. The van der Waals surface area contributed by atoms with Crippen molar-refractivity contribution in [3.05, 3.63) is 39.9 Å². The lowest BCUT2D eigenvalue weighted by atomic mass is 10.1. The third-order valence-corrected chi connectivity index (χ3v) is 5.29. The second-order valence-corrected chi connectivity index (χ2v) is 7.36. The lowest BCUT2D eigenvalue weighted by Gasteiger charge is -2.20. The van der Waals surface area contributed by atoms with E-state index in [9.17, 15) is 4.79 Å². The normalized spacial score (nSPS) is 14.7. The quantitative estimate of drug-likeness (QED) is 0.816. The van der Waals surface area contributed by atoms with Gasteiger partial charge in [-0.3, -0.25) is 10.1 Å². The van der Waals surface area contributed by atoms with Crippen LogP contribution in [0.4, 0.5) is 5.13 Å². The SMILES string of the molecule is COc1ccc(/C=C(\C)C(=O)Nc2nc3c(s2)CN(C)CC3)cc1OC. The number of methoxy groups -OCH3 is 2. The fourth-order valence-corrected chi connectivity index (χ4v) is 3.91. The molecule has 0 bridgehead atoms. The van der Waals surface area contributed by atoms with Crippen LogP contribution >= 0.6 is 11.3 Å². The topological polar surface area (TPSA) is 63.7 Å². The first-order valence-corrected chi connectivity index (χ1v) is 9.20. The highest BCUT2D eigenvalue weighted by Crippen LogP contribution is 2.29.